The van der Waals surface area contributed by atoms with Crippen molar-refractivity contribution in [1.82, 2.24) is 5.32 Å². The van der Waals surface area contributed by atoms with Gasteiger partial charge in [0, 0.05) is 11.8 Å². The van der Waals surface area contributed by atoms with Crippen molar-refractivity contribution >= 4 is 46.1 Å². The first-order valence-corrected chi connectivity index (χ1v) is 6.73. The standard InChI is InChI=1S/C12H8ClN3O4S/c13-10-8(16(19)20)5-9(21-10)12(18)15-11(17)6-3-1-2-4-7(6)14/h1-5H,14H2,(H,15,17,18). The van der Waals surface area contributed by atoms with E-state index in [1.165, 1.54) is 12.1 Å². The first-order chi connectivity index (χ1) is 9.90. The topological polar surface area (TPSA) is 115 Å². The Hall–Kier alpha value is -2.45. The molecule has 0 bridgehead atoms. The van der Waals surface area contributed by atoms with Gasteiger partial charge in [-0.05, 0) is 12.1 Å². The van der Waals surface area contributed by atoms with Gasteiger partial charge >= 0.3 is 0 Å². The molecule has 0 atom stereocenters. The molecule has 7 nitrogen and oxygen atoms in total. The second kappa shape index (κ2) is 5.90. The van der Waals surface area contributed by atoms with Crippen molar-refractivity contribution in [3.8, 4) is 0 Å². The zero-order chi connectivity index (χ0) is 15.6. The number of nitrogens with two attached hydrogens (primary N) is 1. The van der Waals surface area contributed by atoms with E-state index in [0.29, 0.717) is 0 Å². The Morgan fingerprint density at radius 2 is 1.95 bits per heavy atom. The van der Waals surface area contributed by atoms with E-state index in [2.05, 4.69) is 5.32 Å². The highest BCUT2D eigenvalue weighted by Crippen LogP contribution is 2.33. The molecule has 2 rings (SSSR count). The van der Waals surface area contributed by atoms with Gasteiger partial charge in [0.1, 0.15) is 4.88 Å². The largest absolute Gasteiger partial charge is 0.398 e. The number of amides is 2. The molecule has 2 amide bonds. The molecule has 3 N–H and O–H groups in total. The quantitative estimate of drug-likeness (QED) is 0.389. The van der Waals surface area contributed by atoms with Crippen LogP contribution in [0.5, 0.6) is 0 Å². The van der Waals surface area contributed by atoms with Crippen molar-refractivity contribution in [2.45, 2.75) is 0 Å². The van der Waals surface area contributed by atoms with E-state index in [4.69, 9.17) is 17.3 Å². The first-order valence-electron chi connectivity index (χ1n) is 5.54. The minimum absolute atomic E-state index is 0.0328. The third kappa shape index (κ3) is 3.18. The number of nitrogens with zero attached hydrogens (tertiary/aromatic N) is 1. The minimum atomic E-state index is -0.775. The third-order valence-electron chi connectivity index (χ3n) is 2.52. The van der Waals surface area contributed by atoms with Crippen molar-refractivity contribution < 1.29 is 14.5 Å². The van der Waals surface area contributed by atoms with E-state index in [0.717, 1.165) is 17.4 Å². The van der Waals surface area contributed by atoms with Gasteiger partial charge < -0.3 is 5.73 Å². The number of carbonyl (C=O) groups excluding carboxylic acids is 2. The van der Waals surface area contributed by atoms with Crippen LogP contribution >= 0.6 is 22.9 Å². The molecular formula is C12H8ClN3O4S. The SMILES string of the molecule is Nc1ccccc1C(=O)NC(=O)c1cc([N+](=O)[O-])c(Cl)s1. The van der Waals surface area contributed by atoms with E-state index in [9.17, 15) is 19.7 Å². The number of nitrogen functional groups attached to an aromatic ring is 1. The Kier molecular flexibility index (Phi) is 4.20. The molecule has 0 aliphatic carbocycles. The monoisotopic (exact) mass is 325 g/mol. The van der Waals surface area contributed by atoms with Crippen LogP contribution in [0.2, 0.25) is 4.34 Å². The van der Waals surface area contributed by atoms with Gasteiger partial charge in [0.2, 0.25) is 0 Å². The lowest BCUT2D eigenvalue weighted by molar-refractivity contribution is -0.384. The van der Waals surface area contributed by atoms with Crippen LogP contribution in [0.3, 0.4) is 0 Å². The van der Waals surface area contributed by atoms with Crippen LogP contribution in [-0.2, 0) is 0 Å². The van der Waals surface area contributed by atoms with Crippen molar-refractivity contribution in [2.75, 3.05) is 5.73 Å². The number of para-hydroxylation sites is 1. The van der Waals surface area contributed by atoms with E-state index in [1.807, 2.05) is 0 Å². The van der Waals surface area contributed by atoms with Gasteiger partial charge in [-0.25, -0.2) is 0 Å². The number of benzene rings is 1. The molecular weight excluding hydrogens is 318 g/mol. The van der Waals surface area contributed by atoms with Crippen molar-refractivity contribution in [1.29, 1.82) is 0 Å². The predicted octanol–water partition coefficient (Wildman–Crippen LogP) is 2.46. The molecule has 21 heavy (non-hydrogen) atoms. The second-order valence-electron chi connectivity index (χ2n) is 3.90. The Balaban J connectivity index is 2.19. The molecule has 1 heterocycles. The summed E-state index contributed by atoms with van der Waals surface area (Å²) >= 11 is 6.38. The summed E-state index contributed by atoms with van der Waals surface area (Å²) in [5.41, 5.74) is 5.61. The molecule has 0 radical (unpaired) electrons. The summed E-state index contributed by atoms with van der Waals surface area (Å²) in [6, 6.07) is 7.25. The third-order valence-corrected chi connectivity index (χ3v) is 3.86. The number of anilines is 1. The number of hydrogen-bond donors (Lipinski definition) is 2. The number of nitrogens with one attached hydrogen (secondary N) is 1. The normalized spacial score (nSPS) is 10.1. The summed E-state index contributed by atoms with van der Waals surface area (Å²) in [6.45, 7) is 0. The average molecular weight is 326 g/mol. The van der Waals surface area contributed by atoms with E-state index < -0.39 is 16.7 Å². The van der Waals surface area contributed by atoms with Crippen molar-refractivity contribution in [3.63, 3.8) is 0 Å². The Bertz CT molecular complexity index is 744. The highest BCUT2D eigenvalue weighted by atomic mass is 35.5. The smallest absolute Gasteiger partial charge is 0.299 e. The van der Waals surface area contributed by atoms with Gasteiger partial charge in [-0.2, -0.15) is 0 Å². The molecule has 0 saturated carbocycles. The molecule has 1 aromatic heterocycles. The second-order valence-corrected chi connectivity index (χ2v) is 5.55. The fourth-order valence-corrected chi connectivity index (χ4v) is 2.65. The molecule has 108 valence electrons. The molecule has 0 spiro atoms. The van der Waals surface area contributed by atoms with Crippen LogP contribution in [0, 0.1) is 10.1 Å². The Morgan fingerprint density at radius 1 is 1.29 bits per heavy atom. The summed E-state index contributed by atoms with van der Waals surface area (Å²) in [5, 5.41) is 12.8. The van der Waals surface area contributed by atoms with E-state index >= 15 is 0 Å². The van der Waals surface area contributed by atoms with Gasteiger partial charge in [-0.15, -0.1) is 11.3 Å². The van der Waals surface area contributed by atoms with Crippen LogP contribution in [0.4, 0.5) is 11.4 Å². The summed E-state index contributed by atoms with van der Waals surface area (Å²) in [4.78, 5) is 33.7. The predicted molar refractivity (Wildman–Crippen MR) is 78.6 cm³/mol. The molecule has 0 aliphatic rings. The molecule has 9 heteroatoms. The summed E-state index contributed by atoms with van der Waals surface area (Å²) < 4.78 is -0.128. The zero-order valence-electron chi connectivity index (χ0n) is 10.3. The lowest BCUT2D eigenvalue weighted by Gasteiger charge is -2.04. The van der Waals surface area contributed by atoms with Gasteiger partial charge in [0.25, 0.3) is 17.5 Å². The van der Waals surface area contributed by atoms with Crippen LogP contribution in [0.25, 0.3) is 0 Å². The molecule has 0 fully saturated rings. The van der Waals surface area contributed by atoms with Gasteiger partial charge in [0.15, 0.2) is 4.34 Å². The summed E-state index contributed by atoms with van der Waals surface area (Å²) in [7, 11) is 0. The maximum atomic E-state index is 11.9. The Morgan fingerprint density at radius 3 is 2.52 bits per heavy atom. The number of imide groups is 1. The van der Waals surface area contributed by atoms with Crippen LogP contribution in [-0.4, -0.2) is 16.7 Å². The minimum Gasteiger partial charge on any atom is -0.398 e. The lowest BCUT2D eigenvalue weighted by atomic mass is 10.1. The first kappa shape index (κ1) is 14.9. The molecule has 2 aromatic rings. The van der Waals surface area contributed by atoms with Gasteiger partial charge in [0.05, 0.1) is 10.5 Å². The van der Waals surface area contributed by atoms with E-state index in [1.54, 1.807) is 12.1 Å². The average Bonchev–Trinajstić information content (AvgIpc) is 2.81. The van der Waals surface area contributed by atoms with Crippen molar-refractivity contribution in [3.05, 3.63) is 55.2 Å². The molecule has 0 saturated heterocycles. The summed E-state index contributed by atoms with van der Waals surface area (Å²) in [6.07, 6.45) is 0. The number of thiophene rings is 1. The van der Waals surface area contributed by atoms with Crippen molar-refractivity contribution in [2.24, 2.45) is 0 Å². The number of hydrogen-bond acceptors (Lipinski definition) is 6. The van der Waals surface area contributed by atoms with Crippen LogP contribution in [0.1, 0.15) is 20.0 Å². The molecule has 0 unspecified atom stereocenters. The molecule has 0 aliphatic heterocycles. The van der Waals surface area contributed by atoms with Crippen LogP contribution in [0.15, 0.2) is 30.3 Å². The highest BCUT2D eigenvalue weighted by Gasteiger charge is 2.22. The number of nitro groups is 1. The fraction of sp³-hybridized carbons (Fsp3) is 0. The number of halogens is 1. The fourth-order valence-electron chi connectivity index (χ4n) is 1.53. The summed E-state index contributed by atoms with van der Waals surface area (Å²) in [5.74, 6) is -1.46. The lowest BCUT2D eigenvalue weighted by Crippen LogP contribution is -2.30. The molecule has 1 aromatic carbocycles. The van der Waals surface area contributed by atoms with Gasteiger partial charge in [-0.1, -0.05) is 23.7 Å². The van der Waals surface area contributed by atoms with E-state index in [-0.39, 0.29) is 26.2 Å². The number of rotatable bonds is 3. The van der Waals surface area contributed by atoms with Gasteiger partial charge in [-0.3, -0.25) is 25.0 Å². The van der Waals surface area contributed by atoms with Crippen LogP contribution < -0.4 is 11.1 Å². The zero-order valence-corrected chi connectivity index (χ0v) is 11.9. The Labute approximate surface area is 127 Å². The highest BCUT2D eigenvalue weighted by molar-refractivity contribution is 7.18. The maximum Gasteiger partial charge on any atom is 0.299 e. The number of carbonyl (C=O) groups is 2. The maximum absolute atomic E-state index is 11.9.